The van der Waals surface area contributed by atoms with Crippen molar-refractivity contribution in [3.63, 3.8) is 0 Å². The molecule has 1 aromatic heterocycles. The van der Waals surface area contributed by atoms with E-state index < -0.39 is 18.8 Å². The highest BCUT2D eigenvalue weighted by Crippen LogP contribution is 2.20. The van der Waals surface area contributed by atoms with Crippen LogP contribution in [0.1, 0.15) is 12.8 Å². The molecule has 0 amide bonds. The van der Waals surface area contributed by atoms with Crippen molar-refractivity contribution in [3.05, 3.63) is 30.1 Å². The molecule has 0 fully saturated rings. The van der Waals surface area contributed by atoms with Gasteiger partial charge in [-0.15, -0.1) is 0 Å². The van der Waals surface area contributed by atoms with E-state index in [-0.39, 0.29) is 11.8 Å². The summed E-state index contributed by atoms with van der Waals surface area (Å²) in [5, 5.41) is 17.4. The van der Waals surface area contributed by atoms with Gasteiger partial charge in [0.25, 0.3) is 0 Å². The quantitative estimate of drug-likeness (QED) is 0.628. The third-order valence-corrected chi connectivity index (χ3v) is 2.78. The van der Waals surface area contributed by atoms with Crippen LogP contribution < -0.4 is 0 Å². The van der Waals surface area contributed by atoms with Gasteiger partial charge in [0.1, 0.15) is 5.52 Å². The summed E-state index contributed by atoms with van der Waals surface area (Å²) >= 11 is 0. The summed E-state index contributed by atoms with van der Waals surface area (Å²) in [7, 11) is -1.32. The van der Waals surface area contributed by atoms with Crippen molar-refractivity contribution in [3.8, 4) is 0 Å². The monoisotopic (exact) mass is 254 g/mol. The number of imidazole rings is 1. The lowest BCUT2D eigenvalue weighted by Crippen LogP contribution is -2.10. The number of hydrogen-bond acceptors (Lipinski definition) is 3. The molecule has 1 heterocycles. The van der Waals surface area contributed by atoms with Crippen LogP contribution in [0.2, 0.25) is 6.32 Å². The van der Waals surface area contributed by atoms with Crippen molar-refractivity contribution in [2.75, 3.05) is 0 Å². The molecule has 0 spiro atoms. The van der Waals surface area contributed by atoms with Gasteiger partial charge in [0, 0.05) is 6.54 Å². The Hall–Kier alpha value is -1.47. The van der Waals surface area contributed by atoms with Crippen LogP contribution in [0.5, 0.6) is 0 Å². The zero-order chi connectivity index (χ0) is 13.1. The van der Waals surface area contributed by atoms with Gasteiger partial charge in [-0.05, 0) is 24.9 Å². The zero-order valence-electron chi connectivity index (χ0n) is 9.68. The molecule has 0 aliphatic rings. The Bertz CT molecular complexity index is 545. The van der Waals surface area contributed by atoms with Gasteiger partial charge in [-0.1, -0.05) is 6.42 Å². The smallest absolute Gasteiger partial charge is 0.427 e. The topological polar surface area (TPSA) is 58.3 Å². The Labute approximate surface area is 103 Å². The molecule has 96 valence electrons. The van der Waals surface area contributed by atoms with E-state index in [1.807, 2.05) is 0 Å². The van der Waals surface area contributed by atoms with Crippen molar-refractivity contribution in [1.29, 1.82) is 0 Å². The Kier molecular flexibility index (Phi) is 3.93. The van der Waals surface area contributed by atoms with Gasteiger partial charge in [0.2, 0.25) is 0 Å². The maximum atomic E-state index is 13.6. The first kappa shape index (κ1) is 13.0. The minimum absolute atomic E-state index is 0.152. The molecule has 0 radical (unpaired) electrons. The zero-order valence-corrected chi connectivity index (χ0v) is 9.68. The molecule has 0 bridgehead atoms. The average molecular weight is 254 g/mol. The van der Waals surface area contributed by atoms with E-state index in [1.165, 1.54) is 17.0 Å². The van der Waals surface area contributed by atoms with Crippen LogP contribution in [-0.2, 0) is 6.54 Å². The van der Waals surface area contributed by atoms with Gasteiger partial charge in [0.05, 0.1) is 11.8 Å². The normalized spacial score (nSPS) is 11.1. The van der Waals surface area contributed by atoms with Crippen molar-refractivity contribution in [1.82, 2.24) is 9.55 Å². The predicted molar refractivity (Wildman–Crippen MR) is 63.9 cm³/mol. The number of nitrogens with zero attached hydrogens (tertiary/aromatic N) is 2. The van der Waals surface area contributed by atoms with Gasteiger partial charge < -0.3 is 14.6 Å². The summed E-state index contributed by atoms with van der Waals surface area (Å²) in [5.41, 5.74) is 0.565. The molecule has 0 saturated heterocycles. The molecule has 4 nitrogen and oxygen atoms in total. The van der Waals surface area contributed by atoms with E-state index in [0.717, 1.165) is 6.07 Å². The molecule has 2 aromatic rings. The SMILES string of the molecule is OB(O)CCCCn1cnc2ccc(F)c(F)c21. The van der Waals surface area contributed by atoms with Gasteiger partial charge >= 0.3 is 7.12 Å². The van der Waals surface area contributed by atoms with Crippen molar-refractivity contribution in [2.45, 2.75) is 25.7 Å². The fourth-order valence-corrected chi connectivity index (χ4v) is 1.88. The minimum Gasteiger partial charge on any atom is -0.427 e. The number of aromatic nitrogens is 2. The second-order valence-corrected chi connectivity index (χ2v) is 4.14. The Morgan fingerprint density at radius 3 is 2.72 bits per heavy atom. The van der Waals surface area contributed by atoms with E-state index >= 15 is 0 Å². The molecule has 1 aromatic carbocycles. The standard InChI is InChI=1S/C11H13BF2N2O2/c13-8-3-4-9-11(10(8)14)16(7-15-9)6-2-1-5-12(17)18/h3-4,7,17-18H,1-2,5-6H2. The van der Waals surface area contributed by atoms with Gasteiger partial charge in [-0.25, -0.2) is 13.8 Å². The molecule has 0 aliphatic heterocycles. The summed E-state index contributed by atoms with van der Waals surface area (Å²) in [4.78, 5) is 3.99. The van der Waals surface area contributed by atoms with Crippen LogP contribution in [0.3, 0.4) is 0 Å². The summed E-state index contributed by atoms with van der Waals surface area (Å²) in [6, 6.07) is 2.48. The minimum atomic E-state index is -1.32. The second kappa shape index (κ2) is 5.45. The Morgan fingerprint density at radius 2 is 2.00 bits per heavy atom. The van der Waals surface area contributed by atoms with E-state index in [2.05, 4.69) is 4.98 Å². The summed E-state index contributed by atoms with van der Waals surface area (Å²) in [6.07, 6.45) is 2.96. The van der Waals surface area contributed by atoms with E-state index in [1.54, 1.807) is 0 Å². The number of halogens is 2. The molecule has 2 N–H and O–H groups in total. The van der Waals surface area contributed by atoms with Crippen LogP contribution in [0.4, 0.5) is 8.78 Å². The maximum absolute atomic E-state index is 13.6. The van der Waals surface area contributed by atoms with Crippen LogP contribution in [0.25, 0.3) is 11.0 Å². The first-order valence-electron chi connectivity index (χ1n) is 5.74. The lowest BCUT2D eigenvalue weighted by atomic mass is 9.84. The number of fused-ring (bicyclic) bond motifs is 1. The first-order chi connectivity index (χ1) is 8.59. The second-order valence-electron chi connectivity index (χ2n) is 4.14. The van der Waals surface area contributed by atoms with Gasteiger partial charge in [-0.2, -0.15) is 0 Å². The summed E-state index contributed by atoms with van der Waals surface area (Å²) in [5.74, 6) is -1.79. The largest absolute Gasteiger partial charge is 0.451 e. The highest BCUT2D eigenvalue weighted by molar-refractivity contribution is 6.40. The van der Waals surface area contributed by atoms with E-state index in [9.17, 15) is 8.78 Å². The van der Waals surface area contributed by atoms with Crippen LogP contribution in [-0.4, -0.2) is 26.7 Å². The molecule has 2 rings (SSSR count). The molecule has 0 atom stereocenters. The van der Waals surface area contributed by atoms with Crippen LogP contribution >= 0.6 is 0 Å². The van der Waals surface area contributed by atoms with Gasteiger partial charge in [-0.3, -0.25) is 0 Å². The molecule has 18 heavy (non-hydrogen) atoms. The molecular formula is C11H13BF2N2O2. The predicted octanol–water partition coefficient (Wildman–Crippen LogP) is 1.57. The number of rotatable bonds is 5. The van der Waals surface area contributed by atoms with Crippen LogP contribution in [0, 0.1) is 11.6 Å². The van der Waals surface area contributed by atoms with Gasteiger partial charge in [0.15, 0.2) is 11.6 Å². The fraction of sp³-hybridized carbons (Fsp3) is 0.364. The van der Waals surface area contributed by atoms with Crippen molar-refractivity contribution < 1.29 is 18.8 Å². The van der Waals surface area contributed by atoms with E-state index in [4.69, 9.17) is 10.0 Å². The highest BCUT2D eigenvalue weighted by atomic mass is 19.2. The molecule has 0 saturated carbocycles. The number of unbranched alkanes of at least 4 members (excludes halogenated alkanes) is 1. The third kappa shape index (κ3) is 2.68. The number of benzene rings is 1. The number of hydrogen-bond donors (Lipinski definition) is 2. The molecule has 7 heteroatoms. The van der Waals surface area contributed by atoms with Crippen LogP contribution in [0.15, 0.2) is 18.5 Å². The van der Waals surface area contributed by atoms with E-state index in [0.29, 0.717) is 24.9 Å². The molecule has 0 unspecified atom stereocenters. The fourth-order valence-electron chi connectivity index (χ4n) is 1.88. The average Bonchev–Trinajstić information content (AvgIpc) is 2.73. The Balaban J connectivity index is 2.11. The first-order valence-corrected chi connectivity index (χ1v) is 5.74. The summed E-state index contributed by atoms with van der Waals surface area (Å²) < 4.78 is 28.3. The molecular weight excluding hydrogens is 241 g/mol. The summed E-state index contributed by atoms with van der Waals surface area (Å²) in [6.45, 7) is 0.462. The number of aryl methyl sites for hydroxylation is 1. The van der Waals surface area contributed by atoms with Crippen molar-refractivity contribution >= 4 is 18.2 Å². The lowest BCUT2D eigenvalue weighted by Gasteiger charge is -2.05. The third-order valence-electron chi connectivity index (χ3n) is 2.78. The maximum Gasteiger partial charge on any atom is 0.451 e. The van der Waals surface area contributed by atoms with Crippen molar-refractivity contribution in [2.24, 2.45) is 0 Å². The lowest BCUT2D eigenvalue weighted by molar-refractivity contribution is 0.401. The molecule has 0 aliphatic carbocycles. The highest BCUT2D eigenvalue weighted by Gasteiger charge is 2.12. The Morgan fingerprint density at radius 1 is 1.22 bits per heavy atom.